The topological polar surface area (TPSA) is 12.9 Å². The zero-order valence-corrected chi connectivity index (χ0v) is 14.5. The zero-order valence-electron chi connectivity index (χ0n) is 13.6. The molecule has 0 aliphatic heterocycles. The van der Waals surface area contributed by atoms with E-state index in [1.54, 1.807) is 0 Å². The van der Waals surface area contributed by atoms with Crippen molar-refractivity contribution in [1.29, 1.82) is 0 Å². The molecule has 0 atom stereocenters. The number of nitrogens with zero attached hydrogens (tertiary/aromatic N) is 1. The molecule has 2 heteroatoms. The van der Waals surface area contributed by atoms with Gasteiger partial charge in [0.15, 0.2) is 0 Å². The molecule has 0 amide bonds. The van der Waals surface area contributed by atoms with Gasteiger partial charge in [0.2, 0.25) is 0 Å². The Hall–Kier alpha value is -2.84. The van der Waals surface area contributed by atoms with Crippen LogP contribution in [0.4, 0.5) is 0 Å². The first kappa shape index (κ1) is 15.7. The van der Waals surface area contributed by atoms with E-state index in [-0.39, 0.29) is 0 Å². The molecule has 0 bridgehead atoms. The second-order valence-corrected chi connectivity index (χ2v) is 6.43. The lowest BCUT2D eigenvalue weighted by atomic mass is 10.00. The van der Waals surface area contributed by atoms with E-state index in [4.69, 9.17) is 4.98 Å². The minimum atomic E-state index is 0.936. The van der Waals surface area contributed by atoms with Gasteiger partial charge in [-0.15, -0.1) is 12.6 Å². The van der Waals surface area contributed by atoms with Crippen LogP contribution in [0.5, 0.6) is 0 Å². The Bertz CT molecular complexity index is 937. The summed E-state index contributed by atoms with van der Waals surface area (Å²) in [6.07, 6.45) is 0. The first-order chi connectivity index (χ1) is 12.3. The van der Waals surface area contributed by atoms with E-state index in [0.717, 1.165) is 33.0 Å². The quantitative estimate of drug-likeness (QED) is 0.428. The average Bonchev–Trinajstić information content (AvgIpc) is 2.69. The van der Waals surface area contributed by atoms with Gasteiger partial charge in [0.25, 0.3) is 0 Å². The van der Waals surface area contributed by atoms with Crippen molar-refractivity contribution in [1.82, 2.24) is 4.98 Å². The van der Waals surface area contributed by atoms with Crippen LogP contribution in [0.25, 0.3) is 33.6 Å². The molecule has 0 saturated carbocycles. The highest BCUT2D eigenvalue weighted by atomic mass is 32.1. The zero-order chi connectivity index (χ0) is 17.1. The van der Waals surface area contributed by atoms with E-state index in [0.29, 0.717) is 0 Å². The van der Waals surface area contributed by atoms with E-state index in [2.05, 4.69) is 73.3 Å². The molecular weight excluding hydrogens is 322 g/mol. The maximum absolute atomic E-state index is 4.91. The number of aromatic nitrogens is 1. The van der Waals surface area contributed by atoms with Crippen LogP contribution in [-0.2, 0) is 0 Å². The predicted molar refractivity (Wildman–Crippen MR) is 108 cm³/mol. The van der Waals surface area contributed by atoms with Crippen LogP contribution in [0.1, 0.15) is 0 Å². The highest BCUT2D eigenvalue weighted by Crippen LogP contribution is 2.30. The van der Waals surface area contributed by atoms with E-state index in [1.165, 1.54) is 5.56 Å². The van der Waals surface area contributed by atoms with Crippen LogP contribution in [-0.4, -0.2) is 4.98 Å². The summed E-state index contributed by atoms with van der Waals surface area (Å²) < 4.78 is 0. The van der Waals surface area contributed by atoms with Crippen LogP contribution in [0, 0.1) is 0 Å². The molecule has 25 heavy (non-hydrogen) atoms. The van der Waals surface area contributed by atoms with Crippen molar-refractivity contribution in [2.75, 3.05) is 0 Å². The van der Waals surface area contributed by atoms with Gasteiger partial charge in [-0.2, -0.15) is 0 Å². The fourth-order valence-corrected chi connectivity index (χ4v) is 3.12. The summed E-state index contributed by atoms with van der Waals surface area (Å²) in [6.45, 7) is 0. The molecule has 1 aromatic heterocycles. The van der Waals surface area contributed by atoms with Gasteiger partial charge in [-0.05, 0) is 35.4 Å². The van der Waals surface area contributed by atoms with E-state index < -0.39 is 0 Å². The Balaban J connectivity index is 1.92. The highest BCUT2D eigenvalue weighted by molar-refractivity contribution is 7.80. The van der Waals surface area contributed by atoms with Crippen LogP contribution >= 0.6 is 12.6 Å². The lowest BCUT2D eigenvalue weighted by Gasteiger charge is -2.10. The first-order valence-electron chi connectivity index (χ1n) is 8.22. The summed E-state index contributed by atoms with van der Waals surface area (Å²) in [5, 5.41) is 0. The van der Waals surface area contributed by atoms with Crippen LogP contribution < -0.4 is 0 Å². The van der Waals surface area contributed by atoms with Crippen molar-refractivity contribution in [3.05, 3.63) is 97.1 Å². The van der Waals surface area contributed by atoms with Gasteiger partial charge in [0, 0.05) is 16.0 Å². The fraction of sp³-hybridized carbons (Fsp3) is 0. The Morgan fingerprint density at radius 1 is 0.480 bits per heavy atom. The minimum Gasteiger partial charge on any atom is -0.248 e. The van der Waals surface area contributed by atoms with Gasteiger partial charge in [0.05, 0.1) is 11.4 Å². The molecule has 0 aliphatic carbocycles. The summed E-state index contributed by atoms with van der Waals surface area (Å²) >= 11 is 4.47. The van der Waals surface area contributed by atoms with E-state index in [1.807, 2.05) is 36.4 Å². The molecule has 0 unspecified atom stereocenters. The average molecular weight is 339 g/mol. The smallest absolute Gasteiger partial charge is 0.0716 e. The van der Waals surface area contributed by atoms with Gasteiger partial charge in [-0.1, -0.05) is 72.8 Å². The standard InChI is InChI=1S/C23H17NS/c25-21-13-7-12-19(14-21)23-16-20(17-8-3-1-4-9-17)15-22(24-23)18-10-5-2-6-11-18/h1-16,25H. The van der Waals surface area contributed by atoms with Crippen molar-refractivity contribution in [3.63, 3.8) is 0 Å². The molecule has 0 spiro atoms. The number of rotatable bonds is 3. The molecule has 1 heterocycles. The van der Waals surface area contributed by atoms with Gasteiger partial charge >= 0.3 is 0 Å². The maximum Gasteiger partial charge on any atom is 0.0716 e. The number of thiol groups is 1. The monoisotopic (exact) mass is 339 g/mol. The third-order valence-corrected chi connectivity index (χ3v) is 4.42. The molecule has 0 radical (unpaired) electrons. The molecule has 4 rings (SSSR count). The van der Waals surface area contributed by atoms with Gasteiger partial charge < -0.3 is 0 Å². The van der Waals surface area contributed by atoms with E-state index in [9.17, 15) is 0 Å². The molecule has 1 nitrogen and oxygen atoms in total. The molecule has 0 N–H and O–H groups in total. The fourth-order valence-electron chi connectivity index (χ4n) is 2.90. The summed E-state index contributed by atoms with van der Waals surface area (Å²) in [5.41, 5.74) is 6.46. The Kier molecular flexibility index (Phi) is 4.36. The third-order valence-electron chi connectivity index (χ3n) is 4.14. The molecule has 4 aromatic rings. The van der Waals surface area contributed by atoms with Crippen molar-refractivity contribution in [3.8, 4) is 33.6 Å². The Morgan fingerprint density at radius 2 is 1.04 bits per heavy atom. The van der Waals surface area contributed by atoms with Crippen LogP contribution in [0.2, 0.25) is 0 Å². The Labute approximate surface area is 153 Å². The first-order valence-corrected chi connectivity index (χ1v) is 8.67. The van der Waals surface area contributed by atoms with Gasteiger partial charge in [-0.25, -0.2) is 4.98 Å². The minimum absolute atomic E-state index is 0.936. The van der Waals surface area contributed by atoms with Crippen molar-refractivity contribution < 1.29 is 0 Å². The second-order valence-electron chi connectivity index (χ2n) is 5.91. The SMILES string of the molecule is Sc1cccc(-c2cc(-c3ccccc3)cc(-c3ccccc3)n2)c1. The summed E-state index contributed by atoms with van der Waals surface area (Å²) in [7, 11) is 0. The largest absolute Gasteiger partial charge is 0.248 e. The predicted octanol–water partition coefficient (Wildman–Crippen LogP) is 6.37. The maximum atomic E-state index is 4.91. The number of benzene rings is 3. The molecular formula is C23H17NS. The molecule has 120 valence electrons. The normalized spacial score (nSPS) is 10.6. The summed E-state index contributed by atoms with van der Waals surface area (Å²) in [4.78, 5) is 5.84. The summed E-state index contributed by atoms with van der Waals surface area (Å²) in [6, 6.07) is 33.1. The number of pyridine rings is 1. The highest BCUT2D eigenvalue weighted by Gasteiger charge is 2.08. The Morgan fingerprint density at radius 3 is 1.68 bits per heavy atom. The van der Waals surface area contributed by atoms with Crippen molar-refractivity contribution >= 4 is 12.6 Å². The molecule has 0 fully saturated rings. The lowest BCUT2D eigenvalue weighted by molar-refractivity contribution is 1.31. The van der Waals surface area contributed by atoms with Crippen molar-refractivity contribution in [2.45, 2.75) is 4.90 Å². The van der Waals surface area contributed by atoms with Crippen LogP contribution in [0.15, 0.2) is 102 Å². The number of hydrogen-bond donors (Lipinski definition) is 1. The van der Waals surface area contributed by atoms with Gasteiger partial charge in [0.1, 0.15) is 0 Å². The van der Waals surface area contributed by atoms with Gasteiger partial charge in [-0.3, -0.25) is 0 Å². The summed E-state index contributed by atoms with van der Waals surface area (Å²) in [5.74, 6) is 0. The lowest BCUT2D eigenvalue weighted by Crippen LogP contribution is -1.91. The second kappa shape index (κ2) is 6.96. The number of hydrogen-bond acceptors (Lipinski definition) is 2. The van der Waals surface area contributed by atoms with Crippen LogP contribution in [0.3, 0.4) is 0 Å². The third kappa shape index (κ3) is 3.49. The van der Waals surface area contributed by atoms with E-state index >= 15 is 0 Å². The molecule has 3 aromatic carbocycles. The van der Waals surface area contributed by atoms with Crippen molar-refractivity contribution in [2.24, 2.45) is 0 Å². The molecule has 0 aliphatic rings. The molecule has 0 saturated heterocycles.